The third-order valence-corrected chi connectivity index (χ3v) is 5.57. The Morgan fingerprint density at radius 2 is 2.25 bits per heavy atom. The van der Waals surface area contributed by atoms with Gasteiger partial charge in [0.2, 0.25) is 0 Å². The zero-order valence-corrected chi connectivity index (χ0v) is 14.7. The van der Waals surface area contributed by atoms with E-state index in [2.05, 4.69) is 15.4 Å². The van der Waals surface area contributed by atoms with Gasteiger partial charge in [-0.2, -0.15) is 5.10 Å². The van der Waals surface area contributed by atoms with E-state index in [0.717, 1.165) is 19.2 Å². The van der Waals surface area contributed by atoms with Crippen molar-refractivity contribution in [1.82, 2.24) is 14.8 Å². The molecule has 0 aromatic carbocycles. The van der Waals surface area contributed by atoms with E-state index in [9.17, 15) is 13.5 Å². The molecule has 2 N–H and O–H groups in total. The van der Waals surface area contributed by atoms with Gasteiger partial charge in [0.25, 0.3) is 0 Å². The molecule has 130 valence electrons. The average molecular weight is 371 g/mol. The number of aliphatic hydroxyl groups excluding tert-OH is 1. The SMILES string of the molecule is CS(=O)(=O)c1cnc(N[C@@H]2CC(Cn3cccn3)C[C@H]2O)c(Cl)c1. The van der Waals surface area contributed by atoms with Crippen molar-refractivity contribution < 1.29 is 13.5 Å². The highest BCUT2D eigenvalue weighted by molar-refractivity contribution is 7.90. The Hall–Kier alpha value is -1.64. The second-order valence-corrected chi connectivity index (χ2v) is 8.58. The van der Waals surface area contributed by atoms with Crippen LogP contribution in [0.25, 0.3) is 0 Å². The van der Waals surface area contributed by atoms with Gasteiger partial charge in [-0.3, -0.25) is 4.68 Å². The van der Waals surface area contributed by atoms with Crippen LogP contribution in [0.1, 0.15) is 12.8 Å². The van der Waals surface area contributed by atoms with Gasteiger partial charge in [-0.1, -0.05) is 11.6 Å². The monoisotopic (exact) mass is 370 g/mol. The topological polar surface area (TPSA) is 97.1 Å². The number of aliphatic hydroxyl groups is 1. The fraction of sp³-hybridized carbons (Fsp3) is 0.467. The summed E-state index contributed by atoms with van der Waals surface area (Å²) in [5, 5.41) is 17.8. The zero-order valence-electron chi connectivity index (χ0n) is 13.1. The molecule has 2 aromatic rings. The number of halogens is 1. The second-order valence-electron chi connectivity index (χ2n) is 6.16. The first-order valence-electron chi connectivity index (χ1n) is 7.60. The van der Waals surface area contributed by atoms with E-state index in [1.807, 2.05) is 16.9 Å². The van der Waals surface area contributed by atoms with Crippen LogP contribution in [0, 0.1) is 5.92 Å². The second kappa shape index (κ2) is 6.70. The van der Waals surface area contributed by atoms with Crippen molar-refractivity contribution in [3.63, 3.8) is 0 Å². The Bertz CT molecular complexity index is 810. The van der Waals surface area contributed by atoms with Gasteiger partial charge >= 0.3 is 0 Å². The summed E-state index contributed by atoms with van der Waals surface area (Å²) in [6, 6.07) is 3.06. The fourth-order valence-electron chi connectivity index (χ4n) is 3.00. The molecule has 7 nitrogen and oxygen atoms in total. The van der Waals surface area contributed by atoms with E-state index in [-0.39, 0.29) is 16.0 Å². The highest BCUT2D eigenvalue weighted by Crippen LogP contribution is 2.31. The van der Waals surface area contributed by atoms with Crippen molar-refractivity contribution in [3.8, 4) is 0 Å². The maximum absolute atomic E-state index is 11.5. The van der Waals surface area contributed by atoms with E-state index in [1.54, 1.807) is 6.20 Å². The van der Waals surface area contributed by atoms with E-state index in [4.69, 9.17) is 11.6 Å². The predicted octanol–water partition coefficient (Wildman–Crippen LogP) is 1.59. The summed E-state index contributed by atoms with van der Waals surface area (Å²) in [4.78, 5) is 4.16. The summed E-state index contributed by atoms with van der Waals surface area (Å²) in [6.45, 7) is 0.746. The Morgan fingerprint density at radius 1 is 1.46 bits per heavy atom. The number of hydrogen-bond acceptors (Lipinski definition) is 6. The van der Waals surface area contributed by atoms with Crippen LogP contribution in [-0.4, -0.2) is 46.7 Å². The smallest absolute Gasteiger partial charge is 0.177 e. The van der Waals surface area contributed by atoms with E-state index in [1.165, 1.54) is 12.3 Å². The minimum absolute atomic E-state index is 0.0709. The first-order chi connectivity index (χ1) is 11.3. The van der Waals surface area contributed by atoms with Crippen molar-refractivity contribution in [2.75, 3.05) is 11.6 Å². The number of anilines is 1. The molecule has 1 saturated carbocycles. The van der Waals surface area contributed by atoms with Gasteiger partial charge in [-0.25, -0.2) is 13.4 Å². The fourth-order valence-corrected chi connectivity index (χ4v) is 3.86. The molecule has 1 unspecified atom stereocenters. The molecule has 0 amide bonds. The number of rotatable bonds is 5. The third kappa shape index (κ3) is 3.88. The number of nitrogens with one attached hydrogen (secondary N) is 1. The molecule has 2 aromatic heterocycles. The van der Waals surface area contributed by atoms with E-state index >= 15 is 0 Å². The standard InChI is InChI=1S/C15H19ClN4O3S/c1-24(22,23)11-7-12(16)15(17-8-11)19-13-5-10(6-14(13)21)9-20-4-2-3-18-20/h2-4,7-8,10,13-14,21H,5-6,9H2,1H3,(H,17,19)/t10?,13-,14-/m1/s1. The Balaban J connectivity index is 1.67. The highest BCUT2D eigenvalue weighted by atomic mass is 35.5. The molecule has 1 aliphatic carbocycles. The van der Waals surface area contributed by atoms with Gasteiger partial charge in [0, 0.05) is 31.4 Å². The number of nitrogens with zero attached hydrogens (tertiary/aromatic N) is 3. The third-order valence-electron chi connectivity index (χ3n) is 4.20. The molecule has 0 radical (unpaired) electrons. The first-order valence-corrected chi connectivity index (χ1v) is 9.87. The van der Waals surface area contributed by atoms with Crippen molar-refractivity contribution in [1.29, 1.82) is 0 Å². The van der Waals surface area contributed by atoms with Gasteiger partial charge in [-0.15, -0.1) is 0 Å². The summed E-state index contributed by atoms with van der Waals surface area (Å²) >= 11 is 6.13. The van der Waals surface area contributed by atoms with Gasteiger partial charge in [0.1, 0.15) is 5.82 Å². The van der Waals surface area contributed by atoms with Crippen LogP contribution in [0.3, 0.4) is 0 Å². The molecule has 9 heteroatoms. The zero-order chi connectivity index (χ0) is 17.3. The van der Waals surface area contributed by atoms with Crippen molar-refractivity contribution in [2.24, 2.45) is 5.92 Å². The van der Waals surface area contributed by atoms with Gasteiger partial charge in [0.05, 0.1) is 22.1 Å². The summed E-state index contributed by atoms with van der Waals surface area (Å²) in [7, 11) is -3.35. The van der Waals surface area contributed by atoms with Crippen molar-refractivity contribution in [2.45, 2.75) is 36.4 Å². The normalized spacial score (nSPS) is 24.2. The molecule has 2 heterocycles. The Morgan fingerprint density at radius 3 is 2.88 bits per heavy atom. The number of aromatic nitrogens is 3. The van der Waals surface area contributed by atoms with Crippen LogP contribution in [0.5, 0.6) is 0 Å². The van der Waals surface area contributed by atoms with E-state index in [0.29, 0.717) is 18.2 Å². The summed E-state index contributed by atoms with van der Waals surface area (Å²) in [5.74, 6) is 0.680. The lowest BCUT2D eigenvalue weighted by molar-refractivity contribution is 0.166. The largest absolute Gasteiger partial charge is 0.391 e. The molecule has 1 fully saturated rings. The van der Waals surface area contributed by atoms with Crippen molar-refractivity contribution >= 4 is 27.3 Å². The average Bonchev–Trinajstić information content (AvgIpc) is 3.11. The predicted molar refractivity (Wildman–Crippen MR) is 90.7 cm³/mol. The number of pyridine rings is 1. The molecule has 0 spiro atoms. The minimum atomic E-state index is -3.35. The molecule has 0 saturated heterocycles. The van der Waals surface area contributed by atoms with Crippen LogP contribution < -0.4 is 5.32 Å². The first kappa shape index (κ1) is 17.2. The van der Waals surface area contributed by atoms with E-state index < -0.39 is 15.9 Å². The Labute approximate surface area is 145 Å². The number of sulfone groups is 1. The maximum atomic E-state index is 11.5. The van der Waals surface area contributed by atoms with Crippen LogP contribution in [0.4, 0.5) is 5.82 Å². The lowest BCUT2D eigenvalue weighted by Crippen LogP contribution is -2.28. The van der Waals surface area contributed by atoms with Crippen molar-refractivity contribution in [3.05, 3.63) is 35.7 Å². The molecular formula is C15H19ClN4O3S. The lowest BCUT2D eigenvalue weighted by Gasteiger charge is -2.18. The highest BCUT2D eigenvalue weighted by Gasteiger charge is 2.33. The molecule has 0 bridgehead atoms. The molecule has 0 aliphatic heterocycles. The summed E-state index contributed by atoms with van der Waals surface area (Å²) in [6.07, 6.45) is 6.91. The van der Waals surface area contributed by atoms with Gasteiger partial charge in [-0.05, 0) is 30.9 Å². The molecular weight excluding hydrogens is 352 g/mol. The van der Waals surface area contributed by atoms with Gasteiger partial charge in [0.15, 0.2) is 9.84 Å². The number of hydrogen-bond donors (Lipinski definition) is 2. The van der Waals surface area contributed by atoms with Crippen LogP contribution in [0.2, 0.25) is 5.02 Å². The quantitative estimate of drug-likeness (QED) is 0.829. The van der Waals surface area contributed by atoms with Crippen LogP contribution in [0.15, 0.2) is 35.6 Å². The van der Waals surface area contributed by atoms with Crippen LogP contribution >= 0.6 is 11.6 Å². The van der Waals surface area contributed by atoms with Crippen LogP contribution in [-0.2, 0) is 16.4 Å². The maximum Gasteiger partial charge on any atom is 0.177 e. The lowest BCUT2D eigenvalue weighted by atomic mass is 10.1. The Kier molecular flexibility index (Phi) is 4.80. The molecule has 3 atom stereocenters. The van der Waals surface area contributed by atoms with Gasteiger partial charge < -0.3 is 10.4 Å². The molecule has 3 rings (SSSR count). The minimum Gasteiger partial charge on any atom is -0.391 e. The molecule has 1 aliphatic rings. The molecule has 24 heavy (non-hydrogen) atoms. The summed E-state index contributed by atoms with van der Waals surface area (Å²) in [5.41, 5.74) is 0. The summed E-state index contributed by atoms with van der Waals surface area (Å²) < 4.78 is 24.9.